The van der Waals surface area contributed by atoms with E-state index in [1.165, 1.54) is 116 Å². The van der Waals surface area contributed by atoms with Gasteiger partial charge < -0.3 is 18.9 Å². The zero-order chi connectivity index (χ0) is 36.2. The number of Topliss-reactive ketones (excluding diaryl/α,β-unsaturated/α-hetero) is 1. The van der Waals surface area contributed by atoms with Gasteiger partial charge in [0, 0.05) is 17.0 Å². The highest BCUT2D eigenvalue weighted by molar-refractivity contribution is 5.97. The largest absolute Gasteiger partial charge is 0.464 e. The van der Waals surface area contributed by atoms with Crippen LogP contribution in [0.25, 0.3) is 0 Å². The van der Waals surface area contributed by atoms with Crippen LogP contribution < -0.4 is 0 Å². The Labute approximate surface area is 305 Å². The highest BCUT2D eigenvalue weighted by Gasteiger charge is 2.47. The van der Waals surface area contributed by atoms with Gasteiger partial charge in [0.25, 0.3) is 0 Å². The molecule has 0 bridgehead atoms. The molecule has 2 unspecified atom stereocenters. The molecule has 1 heterocycles. The monoisotopic (exact) mass is 701 g/mol. The predicted molar refractivity (Wildman–Crippen MR) is 202 cm³/mol. The molecular formula is C43H72O7. The number of unbranched alkanes of at least 4 members (excludes halogenated alkanes) is 22. The van der Waals surface area contributed by atoms with E-state index in [9.17, 15) is 14.4 Å². The minimum absolute atomic E-state index is 0.0447. The fraction of sp³-hybridized carbons (Fsp3) is 0.791. The number of esters is 2. The third kappa shape index (κ3) is 18.8. The Hall–Kier alpha value is -2.25. The first-order chi connectivity index (χ1) is 24.4. The van der Waals surface area contributed by atoms with E-state index < -0.39 is 30.4 Å². The predicted octanol–water partition coefficient (Wildman–Crippen LogP) is 11.8. The highest BCUT2D eigenvalue weighted by Crippen LogP contribution is 2.33. The summed E-state index contributed by atoms with van der Waals surface area (Å²) in [5.74, 6) is -1.28. The Morgan fingerprint density at radius 3 is 1.16 bits per heavy atom. The normalized spacial score (nSPS) is 17.3. The Bertz CT molecular complexity index is 971. The maximum atomic E-state index is 13.2. The van der Waals surface area contributed by atoms with E-state index in [0.29, 0.717) is 11.1 Å². The lowest BCUT2D eigenvalue weighted by Crippen LogP contribution is -2.39. The molecule has 0 aromatic heterocycles. The second kappa shape index (κ2) is 28.3. The second-order valence-corrected chi connectivity index (χ2v) is 14.7. The smallest absolute Gasteiger partial charge is 0.338 e. The Morgan fingerprint density at radius 2 is 0.840 bits per heavy atom. The molecule has 0 radical (unpaired) electrons. The molecule has 0 amide bonds. The highest BCUT2D eigenvalue weighted by atomic mass is 16.8. The van der Waals surface area contributed by atoms with Crippen molar-refractivity contribution in [2.45, 2.75) is 200 Å². The number of rotatable bonds is 31. The van der Waals surface area contributed by atoms with Crippen molar-refractivity contribution >= 4 is 17.7 Å². The van der Waals surface area contributed by atoms with Crippen LogP contribution in [-0.4, -0.2) is 43.1 Å². The number of ether oxygens (including phenoxy) is 4. The van der Waals surface area contributed by atoms with Crippen molar-refractivity contribution in [2.24, 2.45) is 5.92 Å². The van der Waals surface area contributed by atoms with Crippen molar-refractivity contribution in [3.63, 3.8) is 0 Å². The number of carbonyl (C=O) groups is 3. The van der Waals surface area contributed by atoms with Crippen LogP contribution >= 0.6 is 0 Å². The summed E-state index contributed by atoms with van der Waals surface area (Å²) in [5, 5.41) is 0. The van der Waals surface area contributed by atoms with Crippen molar-refractivity contribution in [1.29, 1.82) is 0 Å². The minimum Gasteiger partial charge on any atom is -0.464 e. The summed E-state index contributed by atoms with van der Waals surface area (Å²) in [6.07, 6.45) is 26.1. The molecule has 2 atom stereocenters. The van der Waals surface area contributed by atoms with Crippen molar-refractivity contribution in [1.82, 2.24) is 0 Å². The average Bonchev–Trinajstić information content (AvgIpc) is 3.58. The number of ketones is 1. The summed E-state index contributed by atoms with van der Waals surface area (Å²) in [6, 6.07) is 6.94. The van der Waals surface area contributed by atoms with E-state index >= 15 is 0 Å². The van der Waals surface area contributed by atoms with Crippen LogP contribution in [0, 0.1) is 5.92 Å². The SMILES string of the molecule is CCCCCCCCCCCCCCOC(=O)C1OC(c2ccc(C(=O)C(C)C)cc2)OC1C(=O)OCCCCCCCCCCCCCC. The molecule has 0 spiro atoms. The second-order valence-electron chi connectivity index (χ2n) is 14.7. The van der Waals surface area contributed by atoms with E-state index in [2.05, 4.69) is 13.8 Å². The molecule has 1 saturated heterocycles. The maximum Gasteiger partial charge on any atom is 0.338 e. The Kier molecular flexibility index (Phi) is 24.9. The molecule has 0 saturated carbocycles. The molecule has 7 nitrogen and oxygen atoms in total. The lowest BCUT2D eigenvalue weighted by molar-refractivity contribution is -0.163. The summed E-state index contributed by atoms with van der Waals surface area (Å²) >= 11 is 0. The number of hydrogen-bond acceptors (Lipinski definition) is 7. The average molecular weight is 701 g/mol. The topological polar surface area (TPSA) is 88.1 Å². The van der Waals surface area contributed by atoms with Crippen LogP contribution in [0.5, 0.6) is 0 Å². The van der Waals surface area contributed by atoms with Crippen LogP contribution in [0.2, 0.25) is 0 Å². The quantitative estimate of drug-likeness (QED) is 0.0433. The number of benzene rings is 1. The number of hydrogen-bond donors (Lipinski definition) is 0. The third-order valence-electron chi connectivity index (χ3n) is 9.76. The molecule has 2 rings (SSSR count). The van der Waals surface area contributed by atoms with Crippen LogP contribution in [0.15, 0.2) is 24.3 Å². The van der Waals surface area contributed by atoms with E-state index in [4.69, 9.17) is 18.9 Å². The van der Waals surface area contributed by atoms with Crippen molar-refractivity contribution < 1.29 is 33.3 Å². The maximum absolute atomic E-state index is 13.2. The van der Waals surface area contributed by atoms with Gasteiger partial charge in [0.05, 0.1) is 13.2 Å². The van der Waals surface area contributed by atoms with Gasteiger partial charge in [0.2, 0.25) is 0 Å². The van der Waals surface area contributed by atoms with E-state index in [1.807, 2.05) is 13.8 Å². The molecule has 0 N–H and O–H groups in total. The Balaban J connectivity index is 1.75. The first-order valence-corrected chi connectivity index (χ1v) is 20.7. The first kappa shape index (κ1) is 43.9. The zero-order valence-electron chi connectivity index (χ0n) is 32.4. The molecule has 1 aromatic rings. The van der Waals surface area contributed by atoms with Gasteiger partial charge in [-0.25, -0.2) is 9.59 Å². The Morgan fingerprint density at radius 1 is 0.520 bits per heavy atom. The standard InChI is InChI=1S/C43H72O7/c1-5-7-9-11-13-15-17-19-21-23-25-27-33-47-41(45)39-40(50-43(49-39)37-31-29-36(30-32-37)38(44)35(3)4)42(46)48-34-28-26-24-22-20-18-16-14-12-10-8-6-2/h29-32,35,39-40,43H,5-28,33-34H2,1-4H3. The van der Waals surface area contributed by atoms with Gasteiger partial charge in [-0.15, -0.1) is 0 Å². The van der Waals surface area contributed by atoms with Crippen LogP contribution in [0.3, 0.4) is 0 Å². The van der Waals surface area contributed by atoms with E-state index in [1.54, 1.807) is 24.3 Å². The molecular weight excluding hydrogens is 628 g/mol. The third-order valence-corrected chi connectivity index (χ3v) is 9.76. The first-order valence-electron chi connectivity index (χ1n) is 20.7. The molecule has 1 aromatic carbocycles. The molecule has 1 fully saturated rings. The molecule has 1 aliphatic heterocycles. The van der Waals surface area contributed by atoms with Crippen molar-refractivity contribution in [2.75, 3.05) is 13.2 Å². The zero-order valence-corrected chi connectivity index (χ0v) is 32.4. The lowest BCUT2D eigenvalue weighted by atomic mass is 10.00. The van der Waals surface area contributed by atoms with E-state index in [-0.39, 0.29) is 24.9 Å². The summed E-state index contributed by atoms with van der Waals surface area (Å²) in [7, 11) is 0. The van der Waals surface area contributed by atoms with Gasteiger partial charge in [-0.05, 0) is 12.8 Å². The lowest BCUT2D eigenvalue weighted by Gasteiger charge is -2.15. The molecule has 50 heavy (non-hydrogen) atoms. The summed E-state index contributed by atoms with van der Waals surface area (Å²) in [4.78, 5) is 38.7. The fourth-order valence-corrected chi connectivity index (χ4v) is 6.49. The van der Waals surface area contributed by atoms with Gasteiger partial charge in [0.15, 0.2) is 24.3 Å². The fourth-order valence-electron chi connectivity index (χ4n) is 6.49. The van der Waals surface area contributed by atoms with Gasteiger partial charge in [-0.3, -0.25) is 4.79 Å². The van der Waals surface area contributed by atoms with Crippen LogP contribution in [0.4, 0.5) is 0 Å². The molecule has 286 valence electrons. The van der Waals surface area contributed by atoms with E-state index in [0.717, 1.165) is 38.5 Å². The van der Waals surface area contributed by atoms with Crippen LogP contribution in [-0.2, 0) is 28.5 Å². The summed E-state index contributed by atoms with van der Waals surface area (Å²) in [5.41, 5.74) is 1.22. The summed E-state index contributed by atoms with van der Waals surface area (Å²) in [6.45, 7) is 8.80. The van der Waals surface area contributed by atoms with Crippen molar-refractivity contribution in [3.05, 3.63) is 35.4 Å². The minimum atomic E-state index is -1.20. The van der Waals surface area contributed by atoms with Gasteiger partial charge >= 0.3 is 11.9 Å². The number of carbonyl (C=O) groups excluding carboxylic acids is 3. The molecule has 1 aliphatic rings. The van der Waals surface area contributed by atoms with Crippen LogP contribution in [0.1, 0.15) is 204 Å². The summed E-state index contributed by atoms with van der Waals surface area (Å²) < 4.78 is 23.2. The van der Waals surface area contributed by atoms with Gasteiger partial charge in [-0.2, -0.15) is 0 Å². The molecule has 7 heteroatoms. The van der Waals surface area contributed by atoms with Crippen molar-refractivity contribution in [3.8, 4) is 0 Å². The van der Waals surface area contributed by atoms with Gasteiger partial charge in [0.1, 0.15) is 0 Å². The van der Waals surface area contributed by atoms with Gasteiger partial charge in [-0.1, -0.05) is 193 Å². The molecule has 0 aliphatic carbocycles.